The van der Waals surface area contributed by atoms with Crippen molar-refractivity contribution in [1.29, 1.82) is 0 Å². The normalized spacial score (nSPS) is 17.0. The molecule has 0 spiro atoms. The number of phenolic OH excluding ortho intramolecular Hbond substituents is 1. The van der Waals surface area contributed by atoms with E-state index in [2.05, 4.69) is 16.0 Å². The van der Waals surface area contributed by atoms with Crippen LogP contribution in [-0.2, 0) is 36.8 Å². The molecule has 0 bridgehead atoms. The molecule has 1 aliphatic heterocycles. The van der Waals surface area contributed by atoms with E-state index in [0.29, 0.717) is 24.9 Å². The number of phenols is 1. The van der Waals surface area contributed by atoms with E-state index in [-0.39, 0.29) is 18.1 Å². The van der Waals surface area contributed by atoms with Crippen LogP contribution in [0.3, 0.4) is 0 Å². The third-order valence-electron chi connectivity index (χ3n) is 7.16. The van der Waals surface area contributed by atoms with Gasteiger partial charge in [0.2, 0.25) is 11.8 Å². The predicted octanol–water partition coefficient (Wildman–Crippen LogP) is 2.23. The van der Waals surface area contributed by atoms with Crippen LogP contribution in [0.2, 0.25) is 0 Å². The molecule has 43 heavy (non-hydrogen) atoms. The van der Waals surface area contributed by atoms with Gasteiger partial charge in [0, 0.05) is 13.0 Å². The fraction of sp³-hybridized carbons (Fsp3) is 0.333. The Morgan fingerprint density at radius 2 is 1.40 bits per heavy atom. The number of ether oxygens (including phenoxy) is 1. The van der Waals surface area contributed by atoms with Crippen LogP contribution < -0.4 is 21.7 Å². The zero-order valence-electron chi connectivity index (χ0n) is 24.3. The summed E-state index contributed by atoms with van der Waals surface area (Å²) in [5.41, 5.74) is 9.53. The number of hydrogen-bond donors (Lipinski definition) is 5. The van der Waals surface area contributed by atoms with Gasteiger partial charge in [-0.1, -0.05) is 80.6 Å². The molecule has 1 aliphatic rings. The first kappa shape index (κ1) is 31.2. The first-order chi connectivity index (χ1) is 20.6. The molecule has 1 saturated heterocycles. The van der Waals surface area contributed by atoms with Crippen molar-refractivity contribution in [3.63, 3.8) is 0 Å². The number of benzene rings is 3. The average Bonchev–Trinajstić information content (AvgIpc) is 3.79. The molecule has 10 heteroatoms. The zero-order chi connectivity index (χ0) is 30.9. The Kier molecular flexibility index (Phi) is 10.5. The van der Waals surface area contributed by atoms with Crippen molar-refractivity contribution in [2.75, 3.05) is 6.54 Å². The maximum absolute atomic E-state index is 13.1. The third kappa shape index (κ3) is 9.14. The van der Waals surface area contributed by atoms with Gasteiger partial charge in [-0.15, -0.1) is 0 Å². The molecule has 0 aromatic heterocycles. The number of aromatic hydroxyl groups is 1. The van der Waals surface area contributed by atoms with Crippen LogP contribution >= 0.6 is 0 Å². The second kappa shape index (κ2) is 14.5. The summed E-state index contributed by atoms with van der Waals surface area (Å²) in [4.78, 5) is 50.7. The summed E-state index contributed by atoms with van der Waals surface area (Å²) in [5, 5.41) is 17.6. The van der Waals surface area contributed by atoms with Crippen LogP contribution in [0.15, 0.2) is 78.9 Å². The lowest BCUT2D eigenvalue weighted by atomic mass is 10.0. The summed E-state index contributed by atoms with van der Waals surface area (Å²) in [6, 6.07) is 22.4. The SMILES string of the molecule is CC(C)C[C@H](NC(=O)[C@@H]1OC1C(=O)NCCc1ccc(-c2ccccc2)cc1)C(=O)NC(Cc1ccc(O)cc1)C(N)=O. The monoisotopic (exact) mass is 586 g/mol. The Bertz CT molecular complexity index is 1410. The Morgan fingerprint density at radius 1 is 0.791 bits per heavy atom. The van der Waals surface area contributed by atoms with E-state index in [4.69, 9.17) is 10.5 Å². The summed E-state index contributed by atoms with van der Waals surface area (Å²) < 4.78 is 5.35. The van der Waals surface area contributed by atoms with Crippen molar-refractivity contribution in [2.45, 2.75) is 57.4 Å². The highest BCUT2D eigenvalue weighted by Crippen LogP contribution is 2.23. The highest BCUT2D eigenvalue weighted by molar-refractivity contribution is 5.97. The molecule has 2 unspecified atom stereocenters. The van der Waals surface area contributed by atoms with Gasteiger partial charge in [0.25, 0.3) is 11.8 Å². The Labute approximate surface area is 251 Å². The van der Waals surface area contributed by atoms with Crippen molar-refractivity contribution in [2.24, 2.45) is 11.7 Å². The highest BCUT2D eigenvalue weighted by atomic mass is 16.6. The van der Waals surface area contributed by atoms with Crippen LogP contribution in [0.1, 0.15) is 31.4 Å². The standard InChI is InChI=1S/C33H38N4O6/c1-20(2)18-27(31(40)36-26(30(34)39)19-22-10-14-25(38)15-11-22)37-33(42)29-28(43-29)32(41)35-17-16-21-8-12-24(13-9-21)23-6-4-3-5-7-23/h3-15,20,26-29,38H,16-19H2,1-2H3,(H2,34,39)(H,35,41)(H,36,40)(H,37,42)/t26?,27-,28?,29+/m0/s1. The predicted molar refractivity (Wildman–Crippen MR) is 162 cm³/mol. The number of carbonyl (C=O) groups is 4. The Morgan fingerprint density at radius 3 is 2.02 bits per heavy atom. The molecule has 0 saturated carbocycles. The molecule has 4 amide bonds. The summed E-state index contributed by atoms with van der Waals surface area (Å²) in [6.07, 6.45) is -0.900. The van der Waals surface area contributed by atoms with Gasteiger partial charge in [-0.25, -0.2) is 0 Å². The summed E-state index contributed by atoms with van der Waals surface area (Å²) in [7, 11) is 0. The smallest absolute Gasteiger partial charge is 0.253 e. The summed E-state index contributed by atoms with van der Waals surface area (Å²) in [6.45, 7) is 4.17. The van der Waals surface area contributed by atoms with E-state index < -0.39 is 47.9 Å². The second-order valence-corrected chi connectivity index (χ2v) is 11.1. The molecule has 3 aromatic rings. The minimum Gasteiger partial charge on any atom is -0.508 e. The molecule has 1 heterocycles. The van der Waals surface area contributed by atoms with Crippen molar-refractivity contribution in [1.82, 2.24) is 16.0 Å². The van der Waals surface area contributed by atoms with Crippen LogP contribution in [0.25, 0.3) is 11.1 Å². The maximum Gasteiger partial charge on any atom is 0.253 e. The van der Waals surface area contributed by atoms with Crippen molar-refractivity contribution < 1.29 is 29.0 Å². The van der Waals surface area contributed by atoms with Gasteiger partial charge in [0.1, 0.15) is 17.8 Å². The van der Waals surface area contributed by atoms with Gasteiger partial charge in [-0.2, -0.15) is 0 Å². The molecule has 226 valence electrons. The fourth-order valence-electron chi connectivity index (χ4n) is 4.76. The zero-order valence-corrected chi connectivity index (χ0v) is 24.3. The van der Waals surface area contributed by atoms with Crippen LogP contribution in [0.5, 0.6) is 5.75 Å². The van der Waals surface area contributed by atoms with Crippen molar-refractivity contribution in [3.05, 3.63) is 90.0 Å². The van der Waals surface area contributed by atoms with E-state index in [1.807, 2.05) is 68.4 Å². The van der Waals surface area contributed by atoms with E-state index >= 15 is 0 Å². The Balaban J connectivity index is 1.25. The third-order valence-corrected chi connectivity index (χ3v) is 7.16. The molecule has 10 nitrogen and oxygen atoms in total. The maximum atomic E-state index is 13.1. The van der Waals surface area contributed by atoms with Gasteiger partial charge in [0.15, 0.2) is 12.2 Å². The summed E-state index contributed by atoms with van der Waals surface area (Å²) >= 11 is 0. The quantitative estimate of drug-likeness (QED) is 0.182. The van der Waals surface area contributed by atoms with Gasteiger partial charge >= 0.3 is 0 Å². The number of hydrogen-bond acceptors (Lipinski definition) is 6. The number of carbonyl (C=O) groups excluding carboxylic acids is 4. The number of primary amides is 1. The minimum atomic E-state index is -1.02. The van der Waals surface area contributed by atoms with Gasteiger partial charge in [-0.05, 0) is 53.1 Å². The lowest BCUT2D eigenvalue weighted by Crippen LogP contribution is -2.54. The number of epoxide rings is 1. The van der Waals surface area contributed by atoms with E-state index in [1.165, 1.54) is 12.1 Å². The molecule has 1 fully saturated rings. The number of amides is 4. The van der Waals surface area contributed by atoms with Gasteiger partial charge in [0.05, 0.1) is 0 Å². The molecular weight excluding hydrogens is 548 g/mol. The van der Waals surface area contributed by atoms with Crippen molar-refractivity contribution >= 4 is 23.6 Å². The Hall–Kier alpha value is -4.70. The molecular formula is C33H38N4O6. The largest absolute Gasteiger partial charge is 0.508 e. The van der Waals surface area contributed by atoms with Crippen molar-refractivity contribution in [3.8, 4) is 16.9 Å². The molecule has 0 aliphatic carbocycles. The molecule has 6 N–H and O–H groups in total. The molecule has 4 atom stereocenters. The molecule has 0 radical (unpaired) electrons. The second-order valence-electron chi connectivity index (χ2n) is 11.1. The van der Waals surface area contributed by atoms with E-state index in [0.717, 1.165) is 16.7 Å². The van der Waals surface area contributed by atoms with E-state index in [9.17, 15) is 24.3 Å². The lowest BCUT2D eigenvalue weighted by Gasteiger charge is -2.23. The first-order valence-corrected chi connectivity index (χ1v) is 14.4. The van der Waals surface area contributed by atoms with Gasteiger partial charge in [-0.3, -0.25) is 19.2 Å². The van der Waals surface area contributed by atoms with Crippen LogP contribution in [0, 0.1) is 5.92 Å². The topological polar surface area (TPSA) is 163 Å². The number of nitrogens with two attached hydrogens (primary N) is 1. The lowest BCUT2D eigenvalue weighted by molar-refractivity contribution is -0.132. The van der Waals surface area contributed by atoms with Crippen LogP contribution in [0.4, 0.5) is 0 Å². The van der Waals surface area contributed by atoms with E-state index in [1.54, 1.807) is 12.1 Å². The van der Waals surface area contributed by atoms with Gasteiger partial charge < -0.3 is 31.5 Å². The summed E-state index contributed by atoms with van der Waals surface area (Å²) in [5.74, 6) is -2.15. The fourth-order valence-corrected chi connectivity index (χ4v) is 4.76. The van der Waals surface area contributed by atoms with Crippen LogP contribution in [-0.4, -0.2) is 59.6 Å². The average molecular weight is 587 g/mol. The highest BCUT2D eigenvalue weighted by Gasteiger charge is 2.51. The minimum absolute atomic E-state index is 0.0427. The number of rotatable bonds is 14. The molecule has 3 aromatic carbocycles. The first-order valence-electron chi connectivity index (χ1n) is 14.4. The number of nitrogens with one attached hydrogen (secondary N) is 3. The molecule has 4 rings (SSSR count).